The average Bonchev–Trinajstić information content (AvgIpc) is 3.14. The van der Waals surface area contributed by atoms with E-state index in [2.05, 4.69) is 0 Å². The Morgan fingerprint density at radius 3 is 2.82 bits per heavy atom. The maximum atomic E-state index is 13.2. The number of nitrogens with one attached hydrogen (secondary N) is 1. The molecule has 0 aromatic heterocycles. The number of para-hydroxylation sites is 1. The predicted octanol–water partition coefficient (Wildman–Crippen LogP) is 0.869. The summed E-state index contributed by atoms with van der Waals surface area (Å²) in [5.74, 6) is -1.47. The van der Waals surface area contributed by atoms with Crippen LogP contribution < -0.4 is 10.2 Å². The largest absolute Gasteiger partial charge is 0.495 e. The summed E-state index contributed by atoms with van der Waals surface area (Å²) < 4.78 is 37.1. The quantitative estimate of drug-likeness (QED) is 0.628. The van der Waals surface area contributed by atoms with Gasteiger partial charge in [0.2, 0.25) is 9.84 Å². The molecule has 7 nitrogen and oxygen atoms in total. The minimum Gasteiger partial charge on any atom is -0.495 e. The van der Waals surface area contributed by atoms with Gasteiger partial charge >= 0.3 is 0 Å². The molecule has 2 aliphatic rings. The third-order valence-corrected chi connectivity index (χ3v) is 6.86. The molecule has 0 aliphatic carbocycles. The molecule has 0 spiro atoms. The Kier molecular flexibility index (Phi) is 3.62. The second-order valence-corrected chi connectivity index (χ2v) is 7.65. The van der Waals surface area contributed by atoms with Gasteiger partial charge in [-0.25, -0.2) is 13.9 Å². The fraction of sp³-hybridized carbons (Fsp3) is 0.500. The lowest BCUT2D eigenvalue weighted by Gasteiger charge is -2.31. The molecule has 1 aromatic rings. The van der Waals surface area contributed by atoms with Crippen LogP contribution in [-0.4, -0.2) is 37.7 Å². The Balaban J connectivity index is 2.12. The SMILES string of the molecule is COc1ccccc1S(=O)(=O)C12CCC(CC1C(=O)NO)O2. The lowest BCUT2D eigenvalue weighted by Crippen LogP contribution is -2.49. The van der Waals surface area contributed by atoms with Gasteiger partial charge in [0.05, 0.1) is 19.1 Å². The molecule has 2 saturated heterocycles. The summed E-state index contributed by atoms with van der Waals surface area (Å²) in [6.07, 6.45) is 0.785. The average molecular weight is 327 g/mol. The van der Waals surface area contributed by atoms with Crippen molar-refractivity contribution in [3.05, 3.63) is 24.3 Å². The highest BCUT2D eigenvalue weighted by atomic mass is 32.2. The number of carbonyl (C=O) groups is 1. The number of hydrogen-bond donors (Lipinski definition) is 2. The molecule has 2 heterocycles. The van der Waals surface area contributed by atoms with Gasteiger partial charge < -0.3 is 9.47 Å². The van der Waals surface area contributed by atoms with Crippen molar-refractivity contribution in [2.75, 3.05) is 7.11 Å². The van der Waals surface area contributed by atoms with Crippen molar-refractivity contribution < 1.29 is 27.9 Å². The number of amides is 1. The summed E-state index contributed by atoms with van der Waals surface area (Å²) in [6, 6.07) is 6.24. The zero-order chi connectivity index (χ0) is 16.0. The van der Waals surface area contributed by atoms with E-state index in [-0.39, 0.29) is 29.6 Å². The second-order valence-electron chi connectivity index (χ2n) is 5.51. The van der Waals surface area contributed by atoms with Gasteiger partial charge in [0.25, 0.3) is 5.91 Å². The third kappa shape index (κ3) is 1.94. The topological polar surface area (TPSA) is 102 Å². The highest BCUT2D eigenvalue weighted by Crippen LogP contribution is 2.53. The number of rotatable bonds is 4. The molecule has 3 rings (SSSR count). The first-order valence-electron chi connectivity index (χ1n) is 6.95. The Hall–Kier alpha value is -1.64. The van der Waals surface area contributed by atoms with Crippen LogP contribution in [0.15, 0.2) is 29.2 Å². The first-order valence-corrected chi connectivity index (χ1v) is 8.44. The molecule has 1 aromatic carbocycles. The van der Waals surface area contributed by atoms with Crippen molar-refractivity contribution in [2.24, 2.45) is 5.92 Å². The number of sulfone groups is 1. The number of hydroxylamine groups is 1. The third-order valence-electron chi connectivity index (χ3n) is 4.45. The number of carbonyl (C=O) groups excluding carboxylic acids is 1. The van der Waals surface area contributed by atoms with E-state index >= 15 is 0 Å². The van der Waals surface area contributed by atoms with Crippen molar-refractivity contribution in [3.63, 3.8) is 0 Å². The van der Waals surface area contributed by atoms with E-state index in [1.54, 1.807) is 23.7 Å². The van der Waals surface area contributed by atoms with Crippen LogP contribution >= 0.6 is 0 Å². The second kappa shape index (κ2) is 5.22. The Labute approximate surface area is 128 Å². The molecular weight excluding hydrogens is 310 g/mol. The van der Waals surface area contributed by atoms with Gasteiger partial charge in [-0.05, 0) is 31.4 Å². The maximum absolute atomic E-state index is 13.2. The van der Waals surface area contributed by atoms with E-state index in [0.717, 1.165) is 0 Å². The lowest BCUT2D eigenvalue weighted by molar-refractivity contribution is -0.136. The highest BCUT2D eigenvalue weighted by Gasteiger charge is 2.64. The molecule has 8 heteroatoms. The lowest BCUT2D eigenvalue weighted by atomic mass is 9.88. The van der Waals surface area contributed by atoms with Gasteiger partial charge in [-0.15, -0.1) is 0 Å². The van der Waals surface area contributed by atoms with Crippen molar-refractivity contribution in [2.45, 2.75) is 35.2 Å². The molecule has 2 bridgehead atoms. The molecule has 2 N–H and O–H groups in total. The van der Waals surface area contributed by atoms with Gasteiger partial charge in [0.1, 0.15) is 10.6 Å². The van der Waals surface area contributed by atoms with Crippen molar-refractivity contribution in [3.8, 4) is 5.75 Å². The molecular formula is C14H17NO6S. The predicted molar refractivity (Wildman–Crippen MR) is 75.1 cm³/mol. The van der Waals surface area contributed by atoms with Gasteiger partial charge in [-0.1, -0.05) is 12.1 Å². The Bertz CT molecular complexity index is 703. The Morgan fingerprint density at radius 1 is 1.45 bits per heavy atom. The highest BCUT2D eigenvalue weighted by molar-refractivity contribution is 7.92. The summed E-state index contributed by atoms with van der Waals surface area (Å²) in [4.78, 5) is 10.3. The maximum Gasteiger partial charge on any atom is 0.250 e. The van der Waals surface area contributed by atoms with E-state index in [1.165, 1.54) is 13.2 Å². The number of methoxy groups -OCH3 is 1. The van der Waals surface area contributed by atoms with Crippen LogP contribution in [0.4, 0.5) is 0 Å². The first kappa shape index (κ1) is 15.3. The molecule has 1 amide bonds. The fourth-order valence-corrected chi connectivity index (χ4v) is 5.70. The van der Waals surface area contributed by atoms with Gasteiger partial charge in [-0.2, -0.15) is 0 Å². The molecule has 3 unspecified atom stereocenters. The molecule has 0 radical (unpaired) electrons. The van der Waals surface area contributed by atoms with Crippen molar-refractivity contribution in [1.82, 2.24) is 5.48 Å². The molecule has 2 fully saturated rings. The molecule has 22 heavy (non-hydrogen) atoms. The minimum absolute atomic E-state index is 0.00390. The number of ether oxygens (including phenoxy) is 2. The summed E-state index contributed by atoms with van der Waals surface area (Å²) >= 11 is 0. The molecule has 0 saturated carbocycles. The van der Waals surface area contributed by atoms with E-state index in [0.29, 0.717) is 6.42 Å². The van der Waals surface area contributed by atoms with E-state index < -0.39 is 26.6 Å². The normalized spacial score (nSPS) is 30.3. The summed E-state index contributed by atoms with van der Waals surface area (Å²) in [6.45, 7) is 0. The Morgan fingerprint density at radius 2 is 2.18 bits per heavy atom. The van der Waals surface area contributed by atoms with Crippen LogP contribution in [0.1, 0.15) is 19.3 Å². The first-order chi connectivity index (χ1) is 10.5. The standard InChI is InChI=1S/C14H17NO6S/c1-20-11-4-2-3-5-12(11)22(18,19)14-7-6-9(21-14)8-10(14)13(16)15-17/h2-5,9-10,17H,6-8H2,1H3,(H,15,16). The van der Waals surface area contributed by atoms with Crippen LogP contribution in [0.25, 0.3) is 0 Å². The van der Waals surface area contributed by atoms with E-state index in [4.69, 9.17) is 14.7 Å². The molecule has 120 valence electrons. The van der Waals surface area contributed by atoms with Crippen molar-refractivity contribution in [1.29, 1.82) is 0 Å². The van der Waals surface area contributed by atoms with E-state index in [1.807, 2.05) is 0 Å². The molecule has 3 atom stereocenters. The summed E-state index contributed by atoms with van der Waals surface area (Å²) in [5, 5.41) is 8.90. The summed E-state index contributed by atoms with van der Waals surface area (Å²) in [7, 11) is -2.59. The smallest absolute Gasteiger partial charge is 0.250 e. The van der Waals surface area contributed by atoms with Gasteiger partial charge in [-0.3, -0.25) is 10.0 Å². The van der Waals surface area contributed by atoms with Crippen LogP contribution in [0.5, 0.6) is 5.75 Å². The van der Waals surface area contributed by atoms with Crippen LogP contribution in [0.2, 0.25) is 0 Å². The number of benzene rings is 1. The zero-order valence-electron chi connectivity index (χ0n) is 12.0. The van der Waals surface area contributed by atoms with Gasteiger partial charge in [0.15, 0.2) is 4.93 Å². The monoisotopic (exact) mass is 327 g/mol. The molecule has 2 aliphatic heterocycles. The van der Waals surface area contributed by atoms with Crippen LogP contribution in [0, 0.1) is 5.92 Å². The van der Waals surface area contributed by atoms with Crippen molar-refractivity contribution >= 4 is 15.7 Å². The van der Waals surface area contributed by atoms with Crippen LogP contribution in [0.3, 0.4) is 0 Å². The minimum atomic E-state index is -3.97. The van der Waals surface area contributed by atoms with E-state index in [9.17, 15) is 13.2 Å². The van der Waals surface area contributed by atoms with Crippen LogP contribution in [-0.2, 0) is 19.4 Å². The fourth-order valence-electron chi connectivity index (χ4n) is 3.42. The summed E-state index contributed by atoms with van der Waals surface area (Å²) in [5.41, 5.74) is 1.55. The van der Waals surface area contributed by atoms with Gasteiger partial charge in [0, 0.05) is 0 Å². The zero-order valence-corrected chi connectivity index (χ0v) is 12.8. The number of hydrogen-bond acceptors (Lipinski definition) is 6. The number of fused-ring (bicyclic) bond motifs is 2.